The molecule has 2 unspecified atom stereocenters. The third-order valence-corrected chi connectivity index (χ3v) is 3.64. The molecular weight excluding hydrogens is 280 g/mol. The highest BCUT2D eigenvalue weighted by atomic mass is 16.5. The Morgan fingerprint density at radius 1 is 1.27 bits per heavy atom. The van der Waals surface area contributed by atoms with Crippen LogP contribution in [0.2, 0.25) is 0 Å². The maximum atomic E-state index is 12.5. The number of carbonyl (C=O) groups excluding carboxylic acids is 2. The van der Waals surface area contributed by atoms with Gasteiger partial charge in [-0.25, -0.2) is 4.79 Å². The van der Waals surface area contributed by atoms with Gasteiger partial charge in [0.1, 0.15) is 12.1 Å². The molecular formula is C17H22N2O3. The van der Waals surface area contributed by atoms with Crippen molar-refractivity contribution in [2.24, 2.45) is 0 Å². The van der Waals surface area contributed by atoms with E-state index in [9.17, 15) is 9.59 Å². The number of benzene rings is 1. The molecule has 1 aliphatic heterocycles. The van der Waals surface area contributed by atoms with Crippen LogP contribution >= 0.6 is 0 Å². The van der Waals surface area contributed by atoms with Crippen LogP contribution in [-0.2, 0) is 14.3 Å². The fourth-order valence-corrected chi connectivity index (χ4v) is 2.42. The molecule has 0 spiro atoms. The van der Waals surface area contributed by atoms with Gasteiger partial charge in [0.15, 0.2) is 0 Å². The van der Waals surface area contributed by atoms with Crippen LogP contribution in [0.4, 0.5) is 5.69 Å². The van der Waals surface area contributed by atoms with Crippen LogP contribution in [0, 0.1) is 0 Å². The fourth-order valence-electron chi connectivity index (χ4n) is 2.42. The van der Waals surface area contributed by atoms with E-state index in [0.29, 0.717) is 12.8 Å². The molecule has 5 heteroatoms. The molecule has 1 aromatic carbocycles. The summed E-state index contributed by atoms with van der Waals surface area (Å²) < 4.78 is 4.77. The first-order valence-electron chi connectivity index (χ1n) is 7.55. The number of para-hydroxylation sites is 1. The van der Waals surface area contributed by atoms with Crippen LogP contribution in [0.5, 0.6) is 0 Å². The SMILES string of the molecule is COC(=O)C1CCC/C=C\CC(Nc2ccccc2)C(=O)N1. The highest BCUT2D eigenvalue weighted by Gasteiger charge is 2.25. The van der Waals surface area contributed by atoms with Crippen LogP contribution < -0.4 is 10.6 Å². The first-order chi connectivity index (χ1) is 10.7. The number of hydrogen-bond acceptors (Lipinski definition) is 4. The quantitative estimate of drug-likeness (QED) is 0.664. The maximum Gasteiger partial charge on any atom is 0.328 e. The van der Waals surface area contributed by atoms with Crippen LogP contribution in [-0.4, -0.2) is 31.1 Å². The topological polar surface area (TPSA) is 67.4 Å². The molecule has 0 saturated carbocycles. The minimum Gasteiger partial charge on any atom is -0.467 e. The van der Waals surface area contributed by atoms with E-state index in [4.69, 9.17) is 4.74 Å². The van der Waals surface area contributed by atoms with Gasteiger partial charge in [-0.1, -0.05) is 30.4 Å². The second-order valence-corrected chi connectivity index (χ2v) is 5.29. The van der Waals surface area contributed by atoms with Gasteiger partial charge in [-0.05, 0) is 37.8 Å². The standard InChI is InChI=1S/C17H22N2O3/c1-22-17(21)15-12-8-3-2-7-11-14(16(20)19-15)18-13-9-5-4-6-10-13/h2,4-7,9-10,14-15,18H,3,8,11-12H2,1H3,(H,19,20)/b7-2-. The van der Waals surface area contributed by atoms with E-state index >= 15 is 0 Å². The number of methoxy groups -OCH3 is 1. The molecule has 2 rings (SSSR count). The summed E-state index contributed by atoms with van der Waals surface area (Å²) in [6.45, 7) is 0. The van der Waals surface area contributed by atoms with E-state index in [1.54, 1.807) is 0 Å². The van der Waals surface area contributed by atoms with Gasteiger partial charge in [0.05, 0.1) is 7.11 Å². The van der Waals surface area contributed by atoms with Crippen molar-refractivity contribution < 1.29 is 14.3 Å². The Morgan fingerprint density at radius 3 is 2.77 bits per heavy atom. The molecule has 118 valence electrons. The molecule has 5 nitrogen and oxygen atoms in total. The van der Waals surface area contributed by atoms with Crippen molar-refractivity contribution >= 4 is 17.6 Å². The number of carbonyl (C=O) groups is 2. The maximum absolute atomic E-state index is 12.5. The van der Waals surface area contributed by atoms with Gasteiger partial charge in [-0.15, -0.1) is 0 Å². The molecule has 1 aliphatic rings. The van der Waals surface area contributed by atoms with Crippen molar-refractivity contribution in [3.05, 3.63) is 42.5 Å². The Morgan fingerprint density at radius 2 is 2.05 bits per heavy atom. The van der Waals surface area contributed by atoms with Crippen LogP contribution in [0.25, 0.3) is 0 Å². The number of amides is 1. The van der Waals surface area contributed by atoms with E-state index in [0.717, 1.165) is 18.5 Å². The Kier molecular flexibility index (Phi) is 6.01. The predicted octanol–water partition coefficient (Wildman–Crippen LogP) is 2.26. The average molecular weight is 302 g/mol. The Labute approximate surface area is 130 Å². The summed E-state index contributed by atoms with van der Waals surface area (Å²) in [5, 5.41) is 6.01. The zero-order valence-corrected chi connectivity index (χ0v) is 12.7. The second kappa shape index (κ2) is 8.22. The first-order valence-corrected chi connectivity index (χ1v) is 7.55. The normalized spacial score (nSPS) is 24.0. The van der Waals surface area contributed by atoms with Gasteiger partial charge in [-0.3, -0.25) is 4.79 Å². The monoisotopic (exact) mass is 302 g/mol. The Hall–Kier alpha value is -2.30. The minimum absolute atomic E-state index is 0.189. The minimum atomic E-state index is -0.580. The van der Waals surface area contributed by atoms with Crippen molar-refractivity contribution in [1.29, 1.82) is 0 Å². The number of hydrogen-bond donors (Lipinski definition) is 2. The molecule has 0 radical (unpaired) electrons. The Balaban J connectivity index is 2.10. The van der Waals surface area contributed by atoms with Gasteiger partial charge in [0.2, 0.25) is 5.91 Å². The lowest BCUT2D eigenvalue weighted by atomic mass is 10.0. The number of esters is 1. The fraction of sp³-hybridized carbons (Fsp3) is 0.412. The van der Waals surface area contributed by atoms with Crippen LogP contribution in [0.3, 0.4) is 0 Å². The molecule has 1 amide bonds. The zero-order chi connectivity index (χ0) is 15.8. The van der Waals surface area contributed by atoms with Crippen LogP contribution in [0.1, 0.15) is 25.7 Å². The second-order valence-electron chi connectivity index (χ2n) is 5.29. The molecule has 1 heterocycles. The van der Waals surface area contributed by atoms with Gasteiger partial charge in [-0.2, -0.15) is 0 Å². The summed E-state index contributed by atoms with van der Waals surface area (Å²) in [4.78, 5) is 24.2. The van der Waals surface area contributed by atoms with E-state index in [1.165, 1.54) is 7.11 Å². The van der Waals surface area contributed by atoms with Gasteiger partial charge in [0, 0.05) is 5.69 Å². The number of rotatable bonds is 3. The zero-order valence-electron chi connectivity index (χ0n) is 12.7. The number of anilines is 1. The number of ether oxygens (including phenoxy) is 1. The molecule has 2 N–H and O–H groups in total. The van der Waals surface area contributed by atoms with E-state index in [-0.39, 0.29) is 5.91 Å². The molecule has 0 aliphatic carbocycles. The first kappa shape index (κ1) is 16.1. The molecule has 0 bridgehead atoms. The highest BCUT2D eigenvalue weighted by Crippen LogP contribution is 2.13. The molecule has 0 aromatic heterocycles. The van der Waals surface area contributed by atoms with Crippen LogP contribution in [0.15, 0.2) is 42.5 Å². The summed E-state index contributed by atoms with van der Waals surface area (Å²) in [5.74, 6) is -0.581. The lowest BCUT2D eigenvalue weighted by Crippen LogP contribution is -2.48. The molecule has 2 atom stereocenters. The van der Waals surface area contributed by atoms with E-state index < -0.39 is 18.1 Å². The Bertz CT molecular complexity index is 528. The summed E-state index contributed by atoms with van der Waals surface area (Å²) in [7, 11) is 1.34. The largest absolute Gasteiger partial charge is 0.467 e. The predicted molar refractivity (Wildman–Crippen MR) is 85.4 cm³/mol. The van der Waals surface area contributed by atoms with Gasteiger partial charge < -0.3 is 15.4 Å². The smallest absolute Gasteiger partial charge is 0.328 e. The van der Waals surface area contributed by atoms with Crippen molar-refractivity contribution in [2.75, 3.05) is 12.4 Å². The third kappa shape index (κ3) is 4.62. The molecule has 1 aromatic rings. The average Bonchev–Trinajstić information content (AvgIpc) is 2.55. The molecule has 0 fully saturated rings. The third-order valence-electron chi connectivity index (χ3n) is 3.64. The van der Waals surface area contributed by atoms with E-state index in [2.05, 4.69) is 16.7 Å². The summed E-state index contributed by atoms with van der Waals surface area (Å²) in [6, 6.07) is 8.57. The molecule has 0 saturated heterocycles. The van der Waals surface area contributed by atoms with Gasteiger partial charge in [0.25, 0.3) is 0 Å². The number of allylic oxidation sites excluding steroid dienone is 1. The summed E-state index contributed by atoms with van der Waals surface area (Å²) in [5.41, 5.74) is 0.878. The summed E-state index contributed by atoms with van der Waals surface area (Å²) in [6.07, 6.45) is 6.97. The van der Waals surface area contributed by atoms with E-state index in [1.807, 2.05) is 36.4 Å². The lowest BCUT2D eigenvalue weighted by molar-refractivity contribution is -0.145. The van der Waals surface area contributed by atoms with Crippen molar-refractivity contribution in [3.63, 3.8) is 0 Å². The molecule has 22 heavy (non-hydrogen) atoms. The van der Waals surface area contributed by atoms with Crippen molar-refractivity contribution in [2.45, 2.75) is 37.8 Å². The highest BCUT2D eigenvalue weighted by molar-refractivity contribution is 5.89. The lowest BCUT2D eigenvalue weighted by Gasteiger charge is -2.23. The summed E-state index contributed by atoms with van der Waals surface area (Å²) >= 11 is 0. The number of nitrogens with one attached hydrogen (secondary N) is 2. The van der Waals surface area contributed by atoms with Crippen molar-refractivity contribution in [3.8, 4) is 0 Å². The van der Waals surface area contributed by atoms with Gasteiger partial charge >= 0.3 is 5.97 Å². The van der Waals surface area contributed by atoms with Crippen molar-refractivity contribution in [1.82, 2.24) is 5.32 Å².